The summed E-state index contributed by atoms with van der Waals surface area (Å²) < 4.78 is 0. The summed E-state index contributed by atoms with van der Waals surface area (Å²) in [6.07, 6.45) is 11.3. The van der Waals surface area contributed by atoms with E-state index in [1.165, 1.54) is 44.9 Å². The molecule has 2 amide bonds. The van der Waals surface area contributed by atoms with Gasteiger partial charge >= 0.3 is 0 Å². The molecule has 4 heteroatoms. The molecule has 4 fully saturated rings. The lowest BCUT2D eigenvalue weighted by molar-refractivity contribution is -0.139. The standard InChI is InChI=1S/C19H30N2O2/c1-2-13-3-5-16(6-4-13)21(17-9-10-17)19(23)14-11-18(22)20(12-14)15-7-8-15/h13-17H,2-12H2,1H3. The monoisotopic (exact) mass is 318 g/mol. The molecule has 1 heterocycles. The van der Waals surface area contributed by atoms with Gasteiger partial charge in [0.15, 0.2) is 0 Å². The van der Waals surface area contributed by atoms with E-state index in [1.807, 2.05) is 4.90 Å². The van der Waals surface area contributed by atoms with E-state index in [0.717, 1.165) is 18.8 Å². The van der Waals surface area contributed by atoms with Gasteiger partial charge in [0.2, 0.25) is 11.8 Å². The van der Waals surface area contributed by atoms with Crippen LogP contribution in [-0.2, 0) is 9.59 Å². The van der Waals surface area contributed by atoms with Gasteiger partial charge in [-0.15, -0.1) is 0 Å². The Labute approximate surface area is 139 Å². The molecule has 4 rings (SSSR count). The first kappa shape index (κ1) is 15.5. The quantitative estimate of drug-likeness (QED) is 0.782. The maximum atomic E-state index is 13.2. The van der Waals surface area contributed by atoms with Crippen LogP contribution in [0.15, 0.2) is 0 Å². The van der Waals surface area contributed by atoms with Gasteiger partial charge in [-0.1, -0.05) is 13.3 Å². The van der Waals surface area contributed by atoms with Crippen molar-refractivity contribution in [1.29, 1.82) is 0 Å². The molecule has 1 saturated heterocycles. The molecule has 0 aromatic heterocycles. The van der Waals surface area contributed by atoms with Crippen molar-refractivity contribution in [2.75, 3.05) is 6.54 Å². The van der Waals surface area contributed by atoms with Crippen molar-refractivity contribution >= 4 is 11.8 Å². The van der Waals surface area contributed by atoms with Crippen LogP contribution in [0.4, 0.5) is 0 Å². The Morgan fingerprint density at radius 2 is 1.65 bits per heavy atom. The highest BCUT2D eigenvalue weighted by Crippen LogP contribution is 2.39. The maximum absolute atomic E-state index is 13.2. The van der Waals surface area contributed by atoms with Crippen LogP contribution in [0.3, 0.4) is 0 Å². The topological polar surface area (TPSA) is 40.6 Å². The highest BCUT2D eigenvalue weighted by Gasteiger charge is 2.46. The summed E-state index contributed by atoms with van der Waals surface area (Å²) in [5.74, 6) is 1.31. The molecular weight excluding hydrogens is 288 g/mol. The van der Waals surface area contributed by atoms with Gasteiger partial charge < -0.3 is 9.80 Å². The minimum atomic E-state index is -0.0624. The molecule has 3 saturated carbocycles. The summed E-state index contributed by atoms with van der Waals surface area (Å²) in [7, 11) is 0. The molecule has 0 aromatic rings. The first-order valence-electron chi connectivity index (χ1n) is 9.79. The van der Waals surface area contributed by atoms with Gasteiger partial charge in [0.05, 0.1) is 5.92 Å². The Morgan fingerprint density at radius 1 is 1.04 bits per heavy atom. The van der Waals surface area contributed by atoms with Crippen LogP contribution >= 0.6 is 0 Å². The summed E-state index contributed by atoms with van der Waals surface area (Å²) in [5.41, 5.74) is 0. The maximum Gasteiger partial charge on any atom is 0.228 e. The Morgan fingerprint density at radius 3 is 2.17 bits per heavy atom. The zero-order valence-electron chi connectivity index (χ0n) is 14.4. The lowest BCUT2D eigenvalue weighted by atomic mass is 9.83. The van der Waals surface area contributed by atoms with Crippen LogP contribution in [0.25, 0.3) is 0 Å². The first-order valence-corrected chi connectivity index (χ1v) is 9.79. The number of nitrogens with zero attached hydrogens (tertiary/aromatic N) is 2. The average Bonchev–Trinajstić information content (AvgIpc) is 3.48. The van der Waals surface area contributed by atoms with Crippen molar-refractivity contribution in [2.24, 2.45) is 11.8 Å². The third-order valence-corrected chi connectivity index (χ3v) is 6.48. The minimum absolute atomic E-state index is 0.0624. The molecule has 1 aliphatic heterocycles. The molecular formula is C19H30N2O2. The first-order chi connectivity index (χ1) is 11.2. The van der Waals surface area contributed by atoms with E-state index < -0.39 is 0 Å². The molecule has 23 heavy (non-hydrogen) atoms. The number of hydrogen-bond donors (Lipinski definition) is 0. The normalized spacial score (nSPS) is 34.7. The fourth-order valence-electron chi connectivity index (χ4n) is 4.69. The van der Waals surface area contributed by atoms with Crippen molar-refractivity contribution in [3.05, 3.63) is 0 Å². The number of hydrogen-bond acceptors (Lipinski definition) is 2. The number of rotatable bonds is 5. The van der Waals surface area contributed by atoms with E-state index in [9.17, 15) is 9.59 Å². The van der Waals surface area contributed by atoms with Crippen LogP contribution in [0.1, 0.15) is 71.1 Å². The van der Waals surface area contributed by atoms with E-state index >= 15 is 0 Å². The lowest BCUT2D eigenvalue weighted by Crippen LogP contribution is -2.47. The molecule has 1 atom stereocenters. The second kappa shape index (κ2) is 6.10. The van der Waals surface area contributed by atoms with Crippen LogP contribution in [-0.4, -0.2) is 46.3 Å². The molecule has 0 bridgehead atoms. The predicted molar refractivity (Wildman–Crippen MR) is 88.7 cm³/mol. The molecule has 0 N–H and O–H groups in total. The van der Waals surface area contributed by atoms with Gasteiger partial charge in [-0.3, -0.25) is 9.59 Å². The number of carbonyl (C=O) groups excluding carboxylic acids is 2. The highest BCUT2D eigenvalue weighted by atomic mass is 16.2. The van der Waals surface area contributed by atoms with Crippen molar-refractivity contribution in [3.8, 4) is 0 Å². The molecule has 0 radical (unpaired) electrons. The summed E-state index contributed by atoms with van der Waals surface area (Å²) in [6.45, 7) is 2.97. The largest absolute Gasteiger partial charge is 0.339 e. The Kier molecular flexibility index (Phi) is 4.10. The van der Waals surface area contributed by atoms with Gasteiger partial charge in [0.1, 0.15) is 0 Å². The van der Waals surface area contributed by atoms with E-state index in [4.69, 9.17) is 0 Å². The second-order valence-electron chi connectivity index (χ2n) is 8.24. The summed E-state index contributed by atoms with van der Waals surface area (Å²) in [4.78, 5) is 29.6. The molecule has 3 aliphatic carbocycles. The molecule has 0 aromatic carbocycles. The summed E-state index contributed by atoms with van der Waals surface area (Å²) in [5, 5.41) is 0. The fraction of sp³-hybridized carbons (Fsp3) is 0.895. The van der Waals surface area contributed by atoms with E-state index in [2.05, 4.69) is 11.8 Å². The van der Waals surface area contributed by atoms with Gasteiger partial charge in [-0.25, -0.2) is 0 Å². The van der Waals surface area contributed by atoms with Gasteiger partial charge in [0, 0.05) is 31.1 Å². The Balaban J connectivity index is 1.41. The van der Waals surface area contributed by atoms with Gasteiger partial charge in [0.25, 0.3) is 0 Å². The van der Waals surface area contributed by atoms with Crippen molar-refractivity contribution in [2.45, 2.75) is 89.3 Å². The molecule has 128 valence electrons. The SMILES string of the molecule is CCC1CCC(N(C(=O)C2CC(=O)N(C3CC3)C2)C2CC2)CC1. The second-order valence-corrected chi connectivity index (χ2v) is 8.24. The number of amides is 2. The van der Waals surface area contributed by atoms with Crippen molar-refractivity contribution in [1.82, 2.24) is 9.80 Å². The van der Waals surface area contributed by atoms with E-state index in [0.29, 0.717) is 37.0 Å². The van der Waals surface area contributed by atoms with Crippen LogP contribution in [0.5, 0.6) is 0 Å². The predicted octanol–water partition coefficient (Wildman–Crippen LogP) is 2.96. The molecule has 4 nitrogen and oxygen atoms in total. The zero-order chi connectivity index (χ0) is 16.0. The molecule has 0 spiro atoms. The smallest absolute Gasteiger partial charge is 0.228 e. The number of likely N-dealkylation sites (tertiary alicyclic amines) is 1. The average molecular weight is 318 g/mol. The van der Waals surface area contributed by atoms with Crippen LogP contribution in [0, 0.1) is 11.8 Å². The fourth-order valence-corrected chi connectivity index (χ4v) is 4.69. The summed E-state index contributed by atoms with van der Waals surface area (Å²) in [6, 6.07) is 1.38. The molecule has 1 unspecified atom stereocenters. The van der Waals surface area contributed by atoms with Crippen LogP contribution in [0.2, 0.25) is 0 Å². The highest BCUT2D eigenvalue weighted by molar-refractivity contribution is 5.90. The van der Waals surface area contributed by atoms with Gasteiger partial charge in [-0.05, 0) is 57.3 Å². The van der Waals surface area contributed by atoms with Crippen molar-refractivity contribution in [3.63, 3.8) is 0 Å². The van der Waals surface area contributed by atoms with Gasteiger partial charge in [-0.2, -0.15) is 0 Å². The summed E-state index contributed by atoms with van der Waals surface area (Å²) >= 11 is 0. The molecule has 4 aliphatic rings. The van der Waals surface area contributed by atoms with E-state index in [1.54, 1.807) is 0 Å². The zero-order valence-corrected chi connectivity index (χ0v) is 14.4. The van der Waals surface area contributed by atoms with Crippen LogP contribution < -0.4 is 0 Å². The number of carbonyl (C=O) groups is 2. The third-order valence-electron chi connectivity index (χ3n) is 6.48. The minimum Gasteiger partial charge on any atom is -0.339 e. The Bertz CT molecular complexity index is 476. The van der Waals surface area contributed by atoms with E-state index in [-0.39, 0.29) is 11.8 Å². The lowest BCUT2D eigenvalue weighted by Gasteiger charge is -2.38. The third kappa shape index (κ3) is 3.14. The Hall–Kier alpha value is -1.06. The van der Waals surface area contributed by atoms with Crippen molar-refractivity contribution < 1.29 is 9.59 Å².